The van der Waals surface area contributed by atoms with Crippen molar-refractivity contribution in [3.05, 3.63) is 131 Å². The molecular weight excluding hydrogens is 605 g/mol. The number of aryl methyl sites for hydroxylation is 4. The molecule has 8 nitrogen and oxygen atoms in total. The van der Waals surface area contributed by atoms with Crippen LogP contribution in [-0.2, 0) is 9.59 Å². The number of carbonyl (C=O) groups excluding carboxylic acids is 2. The minimum Gasteiger partial charge on any atom is -0.361 e. The van der Waals surface area contributed by atoms with Crippen molar-refractivity contribution in [2.24, 2.45) is 10.2 Å². The van der Waals surface area contributed by atoms with Crippen molar-refractivity contribution in [2.45, 2.75) is 51.3 Å². The molecule has 9 heteroatoms. The second-order valence-corrected chi connectivity index (χ2v) is 12.8. The minimum atomic E-state index is -0.156. The predicted molar refractivity (Wildman–Crippen MR) is 193 cm³/mol. The van der Waals surface area contributed by atoms with E-state index in [1.54, 1.807) is 24.2 Å². The fourth-order valence-corrected chi connectivity index (χ4v) is 5.94. The first kappa shape index (κ1) is 31.6. The molecule has 47 heavy (non-hydrogen) atoms. The molecular formula is C38H36N6O2S. The molecule has 0 atom stereocenters. The van der Waals surface area contributed by atoms with Crippen LogP contribution in [0.1, 0.15) is 36.1 Å². The second kappa shape index (κ2) is 13.1. The molecule has 0 saturated heterocycles. The van der Waals surface area contributed by atoms with E-state index in [0.29, 0.717) is 22.6 Å². The average molecular weight is 641 g/mol. The molecule has 2 heterocycles. The number of hydrazone groups is 2. The Hall–Kier alpha value is -5.41. The summed E-state index contributed by atoms with van der Waals surface area (Å²) in [6.07, 6.45) is 3.44. The quantitative estimate of drug-likeness (QED) is 0.189. The van der Waals surface area contributed by atoms with Gasteiger partial charge in [0, 0.05) is 33.6 Å². The topological polar surface area (TPSA) is 89.4 Å². The Morgan fingerprint density at radius 3 is 1.28 bits per heavy atom. The molecule has 2 amide bonds. The van der Waals surface area contributed by atoms with Gasteiger partial charge in [0.25, 0.3) is 11.8 Å². The maximum Gasteiger partial charge on any atom is 0.282 e. The lowest BCUT2D eigenvalue weighted by Gasteiger charge is -2.13. The molecule has 0 radical (unpaired) electrons. The van der Waals surface area contributed by atoms with Crippen LogP contribution in [-0.4, -0.2) is 23.2 Å². The number of hydrogen-bond donors (Lipinski definition) is 2. The lowest BCUT2D eigenvalue weighted by atomic mass is 10.1. The van der Waals surface area contributed by atoms with Crippen LogP contribution >= 0.6 is 11.8 Å². The van der Waals surface area contributed by atoms with E-state index in [-0.39, 0.29) is 11.8 Å². The van der Waals surface area contributed by atoms with Crippen LogP contribution in [0, 0.1) is 27.7 Å². The number of nitrogens with zero attached hydrogens (tertiary/aromatic N) is 4. The molecule has 2 aliphatic rings. The Labute approximate surface area is 279 Å². The predicted octanol–water partition coefficient (Wildman–Crippen LogP) is 8.51. The molecule has 4 aromatic rings. The Balaban J connectivity index is 1.04. The molecule has 0 unspecified atom stereocenters. The zero-order chi connectivity index (χ0) is 33.2. The van der Waals surface area contributed by atoms with E-state index in [9.17, 15) is 9.59 Å². The molecule has 0 saturated carbocycles. The largest absolute Gasteiger partial charge is 0.361 e. The first-order chi connectivity index (χ1) is 22.6. The summed E-state index contributed by atoms with van der Waals surface area (Å²) >= 11 is 1.65. The van der Waals surface area contributed by atoms with Crippen molar-refractivity contribution in [1.82, 2.24) is 0 Å². The molecule has 236 valence electrons. The normalized spacial score (nSPS) is 16.3. The summed E-state index contributed by atoms with van der Waals surface area (Å²) in [5.41, 5.74) is 10.2. The van der Waals surface area contributed by atoms with E-state index in [1.807, 2.05) is 126 Å². The lowest BCUT2D eigenvalue weighted by Crippen LogP contribution is -2.22. The number of anilines is 4. The third-order valence-corrected chi connectivity index (χ3v) is 9.32. The summed E-state index contributed by atoms with van der Waals surface area (Å²) in [4.78, 5) is 28.4. The highest BCUT2D eigenvalue weighted by Gasteiger charge is 2.30. The van der Waals surface area contributed by atoms with Gasteiger partial charge in [0.05, 0.1) is 33.9 Å². The van der Waals surface area contributed by atoms with E-state index in [4.69, 9.17) is 0 Å². The van der Waals surface area contributed by atoms with E-state index >= 15 is 0 Å². The van der Waals surface area contributed by atoms with Crippen molar-refractivity contribution in [1.29, 1.82) is 0 Å². The summed E-state index contributed by atoms with van der Waals surface area (Å²) in [5, 5.41) is 18.4. The second-order valence-electron chi connectivity index (χ2n) is 11.7. The third kappa shape index (κ3) is 6.76. The summed E-state index contributed by atoms with van der Waals surface area (Å²) in [7, 11) is 0. The number of hydrogen-bond acceptors (Lipinski definition) is 7. The average Bonchev–Trinajstić information content (AvgIpc) is 3.51. The van der Waals surface area contributed by atoms with Crippen LogP contribution in [0.15, 0.2) is 128 Å². The summed E-state index contributed by atoms with van der Waals surface area (Å²) in [6, 6.07) is 27.9. The summed E-state index contributed by atoms with van der Waals surface area (Å²) < 4.78 is 0. The third-order valence-electron chi connectivity index (χ3n) is 8.31. The van der Waals surface area contributed by atoms with Gasteiger partial charge < -0.3 is 10.6 Å². The molecule has 2 N–H and O–H groups in total. The Morgan fingerprint density at radius 2 is 0.915 bits per heavy atom. The molecule has 2 aliphatic heterocycles. The standard InChI is InChI=1S/C38H36N6O2S/c1-23-7-13-31(19-25(23)3)43-37(45)35(27(5)41-43)21-39-29-9-15-33(16-10-29)47-34-17-11-30(12-18-34)40-22-36-28(6)42-44(38(36)46)32-14-8-24(2)26(4)20-32/h7-22,39-40H,1-6H3/b35-21+,36-22+. The molecule has 0 spiro atoms. The number of carbonyl (C=O) groups is 2. The van der Waals surface area contributed by atoms with Crippen LogP contribution < -0.4 is 20.7 Å². The lowest BCUT2D eigenvalue weighted by molar-refractivity contribution is -0.115. The number of amides is 2. The molecule has 0 aliphatic carbocycles. The molecule has 4 aromatic carbocycles. The molecule has 0 aromatic heterocycles. The van der Waals surface area contributed by atoms with E-state index in [0.717, 1.165) is 43.7 Å². The van der Waals surface area contributed by atoms with Crippen molar-refractivity contribution in [3.8, 4) is 0 Å². The number of rotatable bonds is 8. The van der Waals surface area contributed by atoms with Gasteiger partial charge in [-0.05, 0) is 137 Å². The van der Waals surface area contributed by atoms with E-state index < -0.39 is 0 Å². The summed E-state index contributed by atoms with van der Waals surface area (Å²) in [5.74, 6) is -0.311. The van der Waals surface area contributed by atoms with Gasteiger partial charge in [0.2, 0.25) is 0 Å². The van der Waals surface area contributed by atoms with Gasteiger partial charge in [-0.2, -0.15) is 20.2 Å². The van der Waals surface area contributed by atoms with Crippen molar-refractivity contribution in [2.75, 3.05) is 20.7 Å². The van der Waals surface area contributed by atoms with Gasteiger partial charge in [0.1, 0.15) is 0 Å². The van der Waals surface area contributed by atoms with Crippen LogP contribution in [0.3, 0.4) is 0 Å². The van der Waals surface area contributed by atoms with Gasteiger partial charge in [-0.15, -0.1) is 0 Å². The van der Waals surface area contributed by atoms with Gasteiger partial charge in [-0.1, -0.05) is 23.9 Å². The van der Waals surface area contributed by atoms with Gasteiger partial charge in [-0.25, -0.2) is 0 Å². The number of benzene rings is 4. The fourth-order valence-electron chi connectivity index (χ4n) is 5.12. The van der Waals surface area contributed by atoms with Crippen molar-refractivity contribution >= 4 is 57.7 Å². The zero-order valence-corrected chi connectivity index (χ0v) is 28.1. The highest BCUT2D eigenvalue weighted by atomic mass is 32.2. The SMILES string of the molecule is CC1=NN(c2ccc(C)c(C)c2)C(=O)/C1=C/Nc1ccc(Sc2ccc(N/C=C3/C(=O)N(c4ccc(C)c(C)c4)N=C3C)cc2)cc1. The highest BCUT2D eigenvalue weighted by molar-refractivity contribution is 7.99. The van der Waals surface area contributed by atoms with Crippen LogP contribution in [0.25, 0.3) is 0 Å². The van der Waals surface area contributed by atoms with Gasteiger partial charge >= 0.3 is 0 Å². The monoisotopic (exact) mass is 640 g/mol. The Morgan fingerprint density at radius 1 is 0.532 bits per heavy atom. The zero-order valence-electron chi connectivity index (χ0n) is 27.3. The molecule has 6 rings (SSSR count). The van der Waals surface area contributed by atoms with E-state index in [1.165, 1.54) is 21.1 Å². The number of nitrogens with one attached hydrogen (secondary N) is 2. The molecule has 0 fully saturated rings. The van der Waals surface area contributed by atoms with Crippen molar-refractivity contribution in [3.63, 3.8) is 0 Å². The highest BCUT2D eigenvalue weighted by Crippen LogP contribution is 2.31. The van der Waals surface area contributed by atoms with E-state index in [2.05, 4.69) is 20.8 Å². The fraction of sp³-hybridized carbons (Fsp3) is 0.158. The van der Waals surface area contributed by atoms with Crippen LogP contribution in [0.4, 0.5) is 22.7 Å². The van der Waals surface area contributed by atoms with Crippen LogP contribution in [0.2, 0.25) is 0 Å². The maximum atomic E-state index is 13.1. The van der Waals surface area contributed by atoms with Gasteiger partial charge in [0.15, 0.2) is 0 Å². The maximum absolute atomic E-state index is 13.1. The van der Waals surface area contributed by atoms with Gasteiger partial charge in [-0.3, -0.25) is 9.59 Å². The Bertz CT molecular complexity index is 1860. The smallest absolute Gasteiger partial charge is 0.282 e. The first-order valence-electron chi connectivity index (χ1n) is 15.3. The van der Waals surface area contributed by atoms with Crippen molar-refractivity contribution < 1.29 is 9.59 Å². The van der Waals surface area contributed by atoms with Crippen LogP contribution in [0.5, 0.6) is 0 Å². The summed E-state index contributed by atoms with van der Waals surface area (Å²) in [6.45, 7) is 11.8. The minimum absolute atomic E-state index is 0.156. The molecule has 0 bridgehead atoms. The Kier molecular flexibility index (Phi) is 8.82. The first-order valence-corrected chi connectivity index (χ1v) is 16.1.